The minimum absolute atomic E-state index is 0.357. The van der Waals surface area contributed by atoms with Crippen LogP contribution in [0.15, 0.2) is 18.3 Å². The van der Waals surface area contributed by atoms with Crippen molar-refractivity contribution in [1.82, 2.24) is 14.6 Å². The largest absolute Gasteiger partial charge is 0.481 e. The van der Waals surface area contributed by atoms with Crippen LogP contribution in [0, 0.1) is 0 Å². The quantitative estimate of drug-likeness (QED) is 0.862. The van der Waals surface area contributed by atoms with Gasteiger partial charge < -0.3 is 10.1 Å². The number of pyridine rings is 1. The van der Waals surface area contributed by atoms with Crippen molar-refractivity contribution in [3.8, 4) is 5.88 Å². The molecule has 1 aromatic heterocycles. The molecule has 0 unspecified atom stereocenters. The molecule has 1 fully saturated rings. The van der Waals surface area contributed by atoms with Crippen molar-refractivity contribution >= 4 is 10.0 Å². The predicted molar refractivity (Wildman–Crippen MR) is 77.1 cm³/mol. The maximum atomic E-state index is 11.4. The summed E-state index contributed by atoms with van der Waals surface area (Å²) in [6, 6.07) is 4.17. The third-order valence-electron chi connectivity index (χ3n) is 3.52. The number of rotatable bonds is 5. The van der Waals surface area contributed by atoms with Crippen molar-refractivity contribution in [2.24, 2.45) is 0 Å². The summed E-state index contributed by atoms with van der Waals surface area (Å²) in [5.41, 5.74) is 1.09. The molecule has 0 radical (unpaired) electrons. The van der Waals surface area contributed by atoms with Crippen molar-refractivity contribution in [2.45, 2.75) is 25.4 Å². The molecule has 0 aromatic carbocycles. The van der Waals surface area contributed by atoms with Crippen molar-refractivity contribution in [3.63, 3.8) is 0 Å². The lowest BCUT2D eigenvalue weighted by Crippen LogP contribution is -2.44. The normalized spacial score (nSPS) is 18.1. The number of methoxy groups -OCH3 is 1. The average Bonchev–Trinajstić information content (AvgIpc) is 2.45. The highest BCUT2D eigenvalue weighted by atomic mass is 32.2. The molecule has 0 spiro atoms. The fourth-order valence-electron chi connectivity index (χ4n) is 2.29. The number of ether oxygens (including phenoxy) is 1. The summed E-state index contributed by atoms with van der Waals surface area (Å²) < 4.78 is 29.4. The summed E-state index contributed by atoms with van der Waals surface area (Å²) in [7, 11) is -1.45. The molecule has 0 saturated carbocycles. The first kappa shape index (κ1) is 15.2. The summed E-state index contributed by atoms with van der Waals surface area (Å²) in [4.78, 5) is 4.16. The van der Waals surface area contributed by atoms with Gasteiger partial charge in [-0.1, -0.05) is 6.07 Å². The molecule has 20 heavy (non-hydrogen) atoms. The second-order valence-corrected chi connectivity index (χ2v) is 7.01. The Morgan fingerprint density at radius 3 is 2.60 bits per heavy atom. The van der Waals surface area contributed by atoms with Crippen LogP contribution in [-0.2, 0) is 16.6 Å². The minimum atomic E-state index is -3.04. The molecule has 2 rings (SSSR count). The highest BCUT2D eigenvalue weighted by Gasteiger charge is 2.24. The van der Waals surface area contributed by atoms with Crippen LogP contribution in [0.2, 0.25) is 0 Å². The Labute approximate surface area is 120 Å². The summed E-state index contributed by atoms with van der Waals surface area (Å²) in [5.74, 6) is 0.607. The van der Waals surface area contributed by atoms with Crippen LogP contribution in [0.5, 0.6) is 5.88 Å². The Balaban J connectivity index is 1.78. The molecular weight excluding hydrogens is 278 g/mol. The van der Waals surface area contributed by atoms with Gasteiger partial charge in [0.25, 0.3) is 0 Å². The fraction of sp³-hybridized carbons (Fsp3) is 0.615. The van der Waals surface area contributed by atoms with Crippen LogP contribution < -0.4 is 10.1 Å². The number of aromatic nitrogens is 1. The maximum absolute atomic E-state index is 11.4. The lowest BCUT2D eigenvalue weighted by Gasteiger charge is -2.30. The van der Waals surface area contributed by atoms with Crippen LogP contribution >= 0.6 is 0 Å². The highest BCUT2D eigenvalue weighted by molar-refractivity contribution is 7.88. The molecule has 112 valence electrons. The molecular formula is C13H21N3O3S. The third-order valence-corrected chi connectivity index (χ3v) is 4.83. The Kier molecular flexibility index (Phi) is 4.95. The van der Waals surface area contributed by atoms with Gasteiger partial charge in [-0.25, -0.2) is 17.7 Å². The van der Waals surface area contributed by atoms with Crippen molar-refractivity contribution < 1.29 is 13.2 Å². The van der Waals surface area contributed by atoms with E-state index in [0.717, 1.165) is 24.9 Å². The molecule has 7 heteroatoms. The van der Waals surface area contributed by atoms with E-state index in [1.807, 2.05) is 12.1 Å². The lowest BCUT2D eigenvalue weighted by atomic mass is 10.1. The third kappa shape index (κ3) is 4.16. The van der Waals surface area contributed by atoms with Gasteiger partial charge in [0.2, 0.25) is 15.9 Å². The second-order valence-electron chi connectivity index (χ2n) is 5.03. The highest BCUT2D eigenvalue weighted by Crippen LogP contribution is 2.14. The Hall–Kier alpha value is -1.18. The summed E-state index contributed by atoms with van der Waals surface area (Å²) >= 11 is 0. The van der Waals surface area contributed by atoms with E-state index in [1.54, 1.807) is 17.6 Å². The number of nitrogens with one attached hydrogen (secondary N) is 1. The zero-order chi connectivity index (χ0) is 14.6. The monoisotopic (exact) mass is 299 g/mol. The van der Waals surface area contributed by atoms with E-state index in [0.29, 0.717) is 25.0 Å². The fourth-order valence-corrected chi connectivity index (χ4v) is 3.16. The van der Waals surface area contributed by atoms with Gasteiger partial charge in [0.1, 0.15) is 0 Å². The first-order chi connectivity index (χ1) is 9.49. The van der Waals surface area contributed by atoms with E-state index in [4.69, 9.17) is 4.74 Å². The number of hydrogen-bond acceptors (Lipinski definition) is 5. The van der Waals surface area contributed by atoms with Gasteiger partial charge >= 0.3 is 0 Å². The zero-order valence-electron chi connectivity index (χ0n) is 11.9. The topological polar surface area (TPSA) is 71.5 Å². The molecule has 1 N–H and O–H groups in total. The van der Waals surface area contributed by atoms with Crippen molar-refractivity contribution in [2.75, 3.05) is 26.5 Å². The molecule has 0 amide bonds. The summed E-state index contributed by atoms with van der Waals surface area (Å²) in [6.45, 7) is 1.93. The summed E-state index contributed by atoms with van der Waals surface area (Å²) in [6.07, 6.45) is 4.74. The molecule has 0 atom stereocenters. The molecule has 1 saturated heterocycles. The predicted octanol–water partition coefficient (Wildman–Crippen LogP) is 0.604. The van der Waals surface area contributed by atoms with E-state index < -0.39 is 10.0 Å². The minimum Gasteiger partial charge on any atom is -0.481 e. The molecule has 0 bridgehead atoms. The van der Waals surface area contributed by atoms with Crippen LogP contribution in [0.4, 0.5) is 0 Å². The van der Waals surface area contributed by atoms with Crippen molar-refractivity contribution in [1.29, 1.82) is 0 Å². The van der Waals surface area contributed by atoms with Gasteiger partial charge in [0.05, 0.1) is 13.4 Å². The molecule has 0 aliphatic carbocycles. The van der Waals surface area contributed by atoms with Crippen LogP contribution in [0.3, 0.4) is 0 Å². The van der Waals surface area contributed by atoms with Gasteiger partial charge in [-0.05, 0) is 18.4 Å². The van der Waals surface area contributed by atoms with E-state index in [1.165, 1.54) is 6.26 Å². The molecule has 1 aliphatic rings. The van der Waals surface area contributed by atoms with Gasteiger partial charge in [0.15, 0.2) is 0 Å². The van der Waals surface area contributed by atoms with Crippen LogP contribution in [0.25, 0.3) is 0 Å². The van der Waals surface area contributed by atoms with Crippen LogP contribution in [-0.4, -0.2) is 50.2 Å². The number of sulfonamides is 1. The second kappa shape index (κ2) is 6.51. The zero-order valence-corrected chi connectivity index (χ0v) is 12.7. The van der Waals surface area contributed by atoms with Crippen LogP contribution in [0.1, 0.15) is 18.4 Å². The number of piperidine rings is 1. The SMILES string of the molecule is COc1ccc(CNC2CCN(S(C)(=O)=O)CC2)cn1. The first-order valence-corrected chi connectivity index (χ1v) is 8.51. The van der Waals surface area contributed by atoms with Gasteiger partial charge in [-0.2, -0.15) is 0 Å². The Morgan fingerprint density at radius 1 is 1.40 bits per heavy atom. The standard InChI is InChI=1S/C13H21N3O3S/c1-19-13-4-3-11(10-15-13)9-14-12-5-7-16(8-6-12)20(2,17)18/h3-4,10,12,14H,5-9H2,1-2H3. The van der Waals surface area contributed by atoms with Gasteiger partial charge in [0, 0.05) is 37.9 Å². The van der Waals surface area contributed by atoms with Gasteiger partial charge in [-0.3, -0.25) is 0 Å². The molecule has 2 heterocycles. The van der Waals surface area contributed by atoms with E-state index in [-0.39, 0.29) is 0 Å². The Bertz CT molecular complexity index is 522. The molecule has 6 nitrogen and oxygen atoms in total. The lowest BCUT2D eigenvalue weighted by molar-refractivity contribution is 0.290. The van der Waals surface area contributed by atoms with E-state index in [9.17, 15) is 8.42 Å². The smallest absolute Gasteiger partial charge is 0.212 e. The number of hydrogen-bond donors (Lipinski definition) is 1. The van der Waals surface area contributed by atoms with E-state index >= 15 is 0 Å². The van der Waals surface area contributed by atoms with Crippen molar-refractivity contribution in [3.05, 3.63) is 23.9 Å². The summed E-state index contributed by atoms with van der Waals surface area (Å²) in [5, 5.41) is 3.45. The molecule has 1 aliphatic heterocycles. The molecule has 1 aromatic rings. The van der Waals surface area contributed by atoms with E-state index in [2.05, 4.69) is 10.3 Å². The first-order valence-electron chi connectivity index (χ1n) is 6.66. The van der Waals surface area contributed by atoms with Gasteiger partial charge in [-0.15, -0.1) is 0 Å². The number of nitrogens with zero attached hydrogens (tertiary/aromatic N) is 2. The maximum Gasteiger partial charge on any atom is 0.212 e. The Morgan fingerprint density at radius 2 is 2.10 bits per heavy atom. The average molecular weight is 299 g/mol.